The number of amidine groups is 1. The fourth-order valence-corrected chi connectivity index (χ4v) is 2.81. The van der Waals surface area contributed by atoms with E-state index in [-0.39, 0.29) is 16.8 Å². The Morgan fingerprint density at radius 3 is 2.64 bits per heavy atom. The van der Waals surface area contributed by atoms with E-state index < -0.39 is 11.9 Å². The van der Waals surface area contributed by atoms with Crippen LogP contribution in [0.2, 0.25) is 0 Å². The average molecular weight is 356 g/mol. The topological polar surface area (TPSA) is 98.0 Å². The van der Waals surface area contributed by atoms with E-state index in [1.54, 1.807) is 36.4 Å². The number of nitrogens with one attached hydrogen (secondary N) is 1. The number of furan rings is 1. The summed E-state index contributed by atoms with van der Waals surface area (Å²) in [5.74, 6) is -0.831. The van der Waals surface area contributed by atoms with Crippen molar-refractivity contribution >= 4 is 40.8 Å². The smallest absolute Gasteiger partial charge is 0.379 e. The van der Waals surface area contributed by atoms with Crippen LogP contribution < -0.4 is 10.1 Å². The third-order valence-corrected chi connectivity index (χ3v) is 3.91. The summed E-state index contributed by atoms with van der Waals surface area (Å²) in [6, 6.07) is 9.71. The second-order valence-corrected chi connectivity index (χ2v) is 5.98. The van der Waals surface area contributed by atoms with Gasteiger partial charge in [0.25, 0.3) is 5.91 Å². The van der Waals surface area contributed by atoms with Gasteiger partial charge in [-0.05, 0) is 47.7 Å². The molecule has 2 amide bonds. The molecule has 8 heteroatoms. The van der Waals surface area contributed by atoms with Crippen molar-refractivity contribution in [2.75, 3.05) is 0 Å². The molecule has 0 saturated carbocycles. The largest absolute Gasteiger partial charge is 0.457 e. The fourth-order valence-electron chi connectivity index (χ4n) is 1.95. The third-order valence-electron chi connectivity index (χ3n) is 3.01. The molecule has 0 radical (unpaired) electrons. The molecule has 25 heavy (non-hydrogen) atoms. The van der Waals surface area contributed by atoms with Crippen LogP contribution in [0.4, 0.5) is 0 Å². The molecule has 0 bridgehead atoms. The van der Waals surface area contributed by atoms with Crippen molar-refractivity contribution in [1.82, 2.24) is 5.32 Å². The van der Waals surface area contributed by atoms with Crippen molar-refractivity contribution in [3.8, 4) is 5.75 Å². The Labute approximate surface area is 146 Å². The first-order valence-corrected chi connectivity index (χ1v) is 7.99. The summed E-state index contributed by atoms with van der Waals surface area (Å²) in [5.41, 5.74) is 0.730. The number of hydrogen-bond donors (Lipinski definition) is 1. The summed E-state index contributed by atoms with van der Waals surface area (Å²) < 4.78 is 10.1. The predicted octanol–water partition coefficient (Wildman–Crippen LogP) is 2.61. The number of rotatable bonds is 3. The number of hydrogen-bond acceptors (Lipinski definition) is 6. The van der Waals surface area contributed by atoms with Crippen LogP contribution in [0.15, 0.2) is 57.0 Å². The molecular weight excluding hydrogens is 344 g/mol. The molecule has 1 aromatic carbocycles. The van der Waals surface area contributed by atoms with E-state index in [4.69, 9.17) is 9.15 Å². The Kier molecular flexibility index (Phi) is 4.80. The molecule has 1 N–H and O–H groups in total. The van der Waals surface area contributed by atoms with Crippen molar-refractivity contribution in [2.24, 2.45) is 4.99 Å². The number of benzene rings is 1. The van der Waals surface area contributed by atoms with Crippen LogP contribution in [-0.4, -0.2) is 23.0 Å². The van der Waals surface area contributed by atoms with Crippen molar-refractivity contribution in [1.29, 1.82) is 0 Å². The molecule has 1 aliphatic rings. The zero-order valence-electron chi connectivity index (χ0n) is 13.0. The number of nitrogens with zero attached hydrogens (tertiary/aromatic N) is 1. The number of ether oxygens (including phenoxy) is 1. The lowest BCUT2D eigenvalue weighted by Crippen LogP contribution is -2.23. The van der Waals surface area contributed by atoms with E-state index in [2.05, 4.69) is 10.3 Å². The van der Waals surface area contributed by atoms with Crippen molar-refractivity contribution < 1.29 is 23.5 Å². The first-order valence-electron chi connectivity index (χ1n) is 7.17. The van der Waals surface area contributed by atoms with Gasteiger partial charge in [0.05, 0.1) is 11.2 Å². The van der Waals surface area contributed by atoms with Crippen molar-refractivity contribution in [3.05, 3.63) is 58.9 Å². The molecule has 3 rings (SSSR count). The summed E-state index contributed by atoms with van der Waals surface area (Å²) >= 11 is 1.09. The number of esters is 1. The third kappa shape index (κ3) is 4.24. The lowest BCUT2D eigenvalue weighted by atomic mass is 10.2. The summed E-state index contributed by atoms with van der Waals surface area (Å²) in [6.45, 7) is 1.35. The van der Waals surface area contributed by atoms with E-state index in [0.29, 0.717) is 10.7 Å². The maximum absolute atomic E-state index is 11.8. The molecular formula is C17H12N2O5S. The highest BCUT2D eigenvalue weighted by atomic mass is 32.2. The number of carbonyl (C=O) groups is 3. The second kappa shape index (κ2) is 7.18. The lowest BCUT2D eigenvalue weighted by molar-refractivity contribution is -0.117. The first kappa shape index (κ1) is 16.7. The Hall–Kier alpha value is -3.13. The van der Waals surface area contributed by atoms with Gasteiger partial charge in [0, 0.05) is 6.92 Å². The Balaban J connectivity index is 1.66. The minimum Gasteiger partial charge on any atom is -0.457 e. The van der Waals surface area contributed by atoms with Gasteiger partial charge in [-0.15, -0.1) is 0 Å². The highest BCUT2D eigenvalue weighted by Crippen LogP contribution is 2.28. The summed E-state index contributed by atoms with van der Waals surface area (Å²) in [6.07, 6.45) is 3.03. The van der Waals surface area contributed by atoms with Gasteiger partial charge >= 0.3 is 5.97 Å². The zero-order chi connectivity index (χ0) is 17.8. The van der Waals surface area contributed by atoms with Gasteiger partial charge in [-0.1, -0.05) is 12.1 Å². The van der Waals surface area contributed by atoms with Gasteiger partial charge in [0.1, 0.15) is 5.75 Å². The van der Waals surface area contributed by atoms with E-state index >= 15 is 0 Å². The van der Waals surface area contributed by atoms with Crippen LogP contribution in [-0.2, 0) is 9.59 Å². The van der Waals surface area contributed by atoms with Crippen LogP contribution >= 0.6 is 11.8 Å². The van der Waals surface area contributed by atoms with Gasteiger partial charge in [-0.2, -0.15) is 4.99 Å². The minimum atomic E-state index is -0.592. The Morgan fingerprint density at radius 2 is 2.00 bits per heavy atom. The van der Waals surface area contributed by atoms with E-state index in [9.17, 15) is 14.4 Å². The summed E-state index contributed by atoms with van der Waals surface area (Å²) in [7, 11) is 0. The zero-order valence-corrected chi connectivity index (χ0v) is 13.8. The molecule has 7 nitrogen and oxygen atoms in total. The number of thioether (sulfide) groups is 1. The van der Waals surface area contributed by atoms with Crippen molar-refractivity contribution in [3.63, 3.8) is 0 Å². The Bertz CT molecular complexity index is 882. The lowest BCUT2D eigenvalue weighted by Gasteiger charge is -2.03. The molecule has 1 aliphatic heterocycles. The summed E-state index contributed by atoms with van der Waals surface area (Å²) in [5, 5.41) is 2.74. The van der Waals surface area contributed by atoms with Crippen molar-refractivity contribution in [2.45, 2.75) is 6.92 Å². The monoisotopic (exact) mass is 356 g/mol. The van der Waals surface area contributed by atoms with Crippen LogP contribution in [0.3, 0.4) is 0 Å². The molecule has 2 heterocycles. The SMILES string of the molecule is CC(=O)NC1=NC(=O)C(=Cc2ccc(OC(=O)c3ccco3)cc2)S1. The molecule has 2 aromatic rings. The molecule has 0 atom stereocenters. The molecule has 126 valence electrons. The molecule has 0 unspecified atom stereocenters. The quantitative estimate of drug-likeness (QED) is 0.516. The highest BCUT2D eigenvalue weighted by molar-refractivity contribution is 8.18. The second-order valence-electron chi connectivity index (χ2n) is 4.95. The minimum absolute atomic E-state index is 0.113. The maximum atomic E-state index is 11.8. The standard InChI is InChI=1S/C17H12N2O5S/c1-10(20)18-17-19-15(21)14(25-17)9-11-4-6-12(7-5-11)24-16(22)13-3-2-8-23-13/h2-9H,1H3,(H,18,19,20,21). The van der Waals surface area contributed by atoms with Crippen LogP contribution in [0.25, 0.3) is 6.08 Å². The van der Waals surface area contributed by atoms with Gasteiger partial charge in [-0.3, -0.25) is 9.59 Å². The van der Waals surface area contributed by atoms with Gasteiger partial charge < -0.3 is 14.5 Å². The summed E-state index contributed by atoms with van der Waals surface area (Å²) in [4.78, 5) is 38.7. The van der Waals surface area contributed by atoms with Crippen LogP contribution in [0, 0.1) is 0 Å². The molecule has 1 aromatic heterocycles. The predicted molar refractivity (Wildman–Crippen MR) is 91.9 cm³/mol. The van der Waals surface area contributed by atoms with Crippen LogP contribution in [0.5, 0.6) is 5.75 Å². The van der Waals surface area contributed by atoms with Gasteiger partial charge in [-0.25, -0.2) is 4.79 Å². The normalized spacial score (nSPS) is 15.2. The number of aliphatic imine (C=N–C) groups is 1. The van der Waals surface area contributed by atoms with E-state index in [1.165, 1.54) is 19.3 Å². The van der Waals surface area contributed by atoms with E-state index in [0.717, 1.165) is 17.3 Å². The molecule has 0 spiro atoms. The van der Waals surface area contributed by atoms with E-state index in [1.807, 2.05) is 0 Å². The molecule has 0 aliphatic carbocycles. The average Bonchev–Trinajstić information content (AvgIpc) is 3.19. The molecule has 0 saturated heterocycles. The van der Waals surface area contributed by atoms with Gasteiger partial charge in [0.2, 0.25) is 11.7 Å². The van der Waals surface area contributed by atoms with Gasteiger partial charge in [0.15, 0.2) is 5.17 Å². The Morgan fingerprint density at radius 1 is 1.24 bits per heavy atom. The fraction of sp³-hybridized carbons (Fsp3) is 0.0588. The first-order chi connectivity index (χ1) is 12.0. The highest BCUT2D eigenvalue weighted by Gasteiger charge is 2.22. The number of carbonyl (C=O) groups excluding carboxylic acids is 3. The number of amides is 2. The molecule has 0 fully saturated rings. The maximum Gasteiger partial charge on any atom is 0.379 e. The van der Waals surface area contributed by atoms with Crippen LogP contribution in [0.1, 0.15) is 23.0 Å².